The van der Waals surface area contributed by atoms with Gasteiger partial charge in [-0.1, -0.05) is 12.1 Å². The molecule has 0 radical (unpaired) electrons. The van der Waals surface area contributed by atoms with Crippen LogP contribution in [-0.4, -0.2) is 29.1 Å². The summed E-state index contributed by atoms with van der Waals surface area (Å²) in [5, 5.41) is 13.7. The van der Waals surface area contributed by atoms with Crippen LogP contribution in [0.15, 0.2) is 18.2 Å². The molecule has 5 N–H and O–H groups in total. The van der Waals surface area contributed by atoms with Gasteiger partial charge in [0.05, 0.1) is 11.3 Å². The maximum Gasteiger partial charge on any atom is 0.337 e. The van der Waals surface area contributed by atoms with Crippen LogP contribution in [0, 0.1) is 6.92 Å². The molecule has 0 heterocycles. The Morgan fingerprint density at radius 1 is 1.32 bits per heavy atom. The van der Waals surface area contributed by atoms with Gasteiger partial charge in [-0.15, -0.1) is 0 Å². The van der Waals surface area contributed by atoms with E-state index in [9.17, 15) is 14.4 Å². The highest BCUT2D eigenvalue weighted by atomic mass is 16.4. The third kappa shape index (κ3) is 3.70. The maximum atomic E-state index is 11.6. The number of anilines is 1. The Labute approximate surface area is 109 Å². The van der Waals surface area contributed by atoms with Crippen molar-refractivity contribution in [3.05, 3.63) is 29.3 Å². The predicted octanol–water partition coefficient (Wildman–Crippen LogP) is 0.689. The zero-order chi connectivity index (χ0) is 14.6. The minimum Gasteiger partial charge on any atom is -0.478 e. The lowest BCUT2D eigenvalue weighted by Gasteiger charge is -2.14. The van der Waals surface area contributed by atoms with Crippen LogP contribution in [0.25, 0.3) is 0 Å². The van der Waals surface area contributed by atoms with Gasteiger partial charge in [-0.2, -0.15) is 0 Å². The number of carboxylic acids is 1. The lowest BCUT2D eigenvalue weighted by Crippen LogP contribution is -2.44. The number of hydrogen-bond donors (Lipinski definition) is 4. The number of carboxylic acid groups (broad SMARTS) is 1. The summed E-state index contributed by atoms with van der Waals surface area (Å²) in [6.07, 6.45) is 0. The number of hydrogen-bond acceptors (Lipinski definition) is 3. The van der Waals surface area contributed by atoms with Gasteiger partial charge in [0.25, 0.3) is 0 Å². The SMILES string of the molecule is Cc1cccc(C(=O)O)c1NC(=O)NC(C)C(N)=O. The topological polar surface area (TPSA) is 122 Å². The first kappa shape index (κ1) is 14.5. The number of primary amides is 1. The summed E-state index contributed by atoms with van der Waals surface area (Å²) in [4.78, 5) is 33.5. The van der Waals surface area contributed by atoms with E-state index in [-0.39, 0.29) is 11.3 Å². The third-order valence-electron chi connectivity index (χ3n) is 2.52. The molecule has 1 aromatic rings. The van der Waals surface area contributed by atoms with Crippen molar-refractivity contribution in [3.8, 4) is 0 Å². The van der Waals surface area contributed by atoms with E-state index in [1.54, 1.807) is 19.1 Å². The molecule has 1 aromatic carbocycles. The van der Waals surface area contributed by atoms with Crippen LogP contribution >= 0.6 is 0 Å². The number of carbonyl (C=O) groups is 3. The van der Waals surface area contributed by atoms with Gasteiger partial charge in [0, 0.05) is 0 Å². The lowest BCUT2D eigenvalue weighted by molar-refractivity contribution is -0.119. The van der Waals surface area contributed by atoms with E-state index in [0.717, 1.165) is 0 Å². The smallest absolute Gasteiger partial charge is 0.337 e. The lowest BCUT2D eigenvalue weighted by atomic mass is 10.1. The standard InChI is InChI=1S/C12H15N3O4/c1-6-4-3-5-8(11(17)18)9(6)15-12(19)14-7(2)10(13)16/h3-5,7H,1-2H3,(H2,13,16)(H,17,18)(H2,14,15,19). The first-order valence-corrected chi connectivity index (χ1v) is 5.52. The zero-order valence-corrected chi connectivity index (χ0v) is 10.6. The molecule has 0 saturated heterocycles. The van der Waals surface area contributed by atoms with Crippen molar-refractivity contribution >= 4 is 23.6 Å². The van der Waals surface area contributed by atoms with Gasteiger partial charge in [-0.3, -0.25) is 4.79 Å². The van der Waals surface area contributed by atoms with E-state index in [4.69, 9.17) is 10.8 Å². The fourth-order valence-corrected chi connectivity index (χ4v) is 1.43. The number of para-hydroxylation sites is 1. The van der Waals surface area contributed by atoms with Crippen molar-refractivity contribution in [2.75, 3.05) is 5.32 Å². The fraction of sp³-hybridized carbons (Fsp3) is 0.250. The molecule has 1 rings (SSSR count). The number of benzene rings is 1. The highest BCUT2D eigenvalue weighted by Crippen LogP contribution is 2.20. The Hall–Kier alpha value is -2.57. The molecule has 0 fully saturated rings. The van der Waals surface area contributed by atoms with Crippen LogP contribution < -0.4 is 16.4 Å². The van der Waals surface area contributed by atoms with Crippen molar-refractivity contribution in [2.24, 2.45) is 5.73 Å². The zero-order valence-electron chi connectivity index (χ0n) is 10.6. The van der Waals surface area contributed by atoms with Crippen molar-refractivity contribution < 1.29 is 19.5 Å². The Bertz CT molecular complexity index is 528. The van der Waals surface area contributed by atoms with Crippen LogP contribution in [0.5, 0.6) is 0 Å². The highest BCUT2D eigenvalue weighted by molar-refractivity contribution is 6.01. The molecule has 7 nitrogen and oxygen atoms in total. The molecule has 3 amide bonds. The van der Waals surface area contributed by atoms with Crippen molar-refractivity contribution in [1.29, 1.82) is 0 Å². The second kappa shape index (κ2) is 5.85. The minimum absolute atomic E-state index is 0.0260. The summed E-state index contributed by atoms with van der Waals surface area (Å²) in [5.41, 5.74) is 5.77. The molecule has 0 saturated carbocycles. The van der Waals surface area contributed by atoms with Gasteiger partial charge in [-0.25, -0.2) is 9.59 Å². The summed E-state index contributed by atoms with van der Waals surface area (Å²) in [5.74, 6) is -1.83. The molecule has 0 aliphatic carbocycles. The number of amides is 3. The van der Waals surface area contributed by atoms with E-state index in [1.807, 2.05) is 0 Å². The van der Waals surface area contributed by atoms with Gasteiger partial charge in [-0.05, 0) is 25.5 Å². The number of rotatable bonds is 4. The van der Waals surface area contributed by atoms with Crippen LogP contribution in [0.2, 0.25) is 0 Å². The van der Waals surface area contributed by atoms with Crippen molar-refractivity contribution in [2.45, 2.75) is 19.9 Å². The number of nitrogens with one attached hydrogen (secondary N) is 2. The average molecular weight is 265 g/mol. The molecule has 1 unspecified atom stereocenters. The van der Waals surface area contributed by atoms with Gasteiger partial charge in [0.2, 0.25) is 5.91 Å². The fourth-order valence-electron chi connectivity index (χ4n) is 1.43. The Morgan fingerprint density at radius 3 is 2.47 bits per heavy atom. The summed E-state index contributed by atoms with van der Waals surface area (Å²) in [6.45, 7) is 3.09. The van der Waals surface area contributed by atoms with Crippen LogP contribution in [0.3, 0.4) is 0 Å². The summed E-state index contributed by atoms with van der Waals surface area (Å²) in [7, 11) is 0. The van der Waals surface area contributed by atoms with E-state index in [0.29, 0.717) is 5.56 Å². The normalized spacial score (nSPS) is 11.5. The number of aromatic carboxylic acids is 1. The molecule has 0 aromatic heterocycles. The summed E-state index contributed by atoms with van der Waals surface area (Å²) < 4.78 is 0. The number of urea groups is 1. The van der Waals surface area contributed by atoms with E-state index < -0.39 is 23.9 Å². The molecular formula is C12H15N3O4. The van der Waals surface area contributed by atoms with E-state index in [1.165, 1.54) is 13.0 Å². The van der Waals surface area contributed by atoms with Crippen molar-refractivity contribution in [1.82, 2.24) is 5.32 Å². The molecule has 0 bridgehead atoms. The molecule has 19 heavy (non-hydrogen) atoms. The molecule has 0 spiro atoms. The van der Waals surface area contributed by atoms with Crippen LogP contribution in [0.1, 0.15) is 22.8 Å². The largest absolute Gasteiger partial charge is 0.478 e. The minimum atomic E-state index is -1.15. The summed E-state index contributed by atoms with van der Waals surface area (Å²) >= 11 is 0. The molecule has 0 aliphatic rings. The molecule has 1 atom stereocenters. The summed E-state index contributed by atoms with van der Waals surface area (Å²) in [6, 6.07) is 3.08. The quantitative estimate of drug-likeness (QED) is 0.639. The molecule has 7 heteroatoms. The highest BCUT2D eigenvalue weighted by Gasteiger charge is 2.16. The second-order valence-corrected chi connectivity index (χ2v) is 4.03. The average Bonchev–Trinajstić information content (AvgIpc) is 2.31. The molecule has 102 valence electrons. The van der Waals surface area contributed by atoms with Gasteiger partial charge in [0.15, 0.2) is 0 Å². The van der Waals surface area contributed by atoms with Crippen LogP contribution in [0.4, 0.5) is 10.5 Å². The first-order chi connectivity index (χ1) is 8.82. The third-order valence-corrected chi connectivity index (χ3v) is 2.52. The monoisotopic (exact) mass is 265 g/mol. The van der Waals surface area contributed by atoms with E-state index >= 15 is 0 Å². The molecule has 0 aliphatic heterocycles. The second-order valence-electron chi connectivity index (χ2n) is 4.03. The Morgan fingerprint density at radius 2 is 1.95 bits per heavy atom. The van der Waals surface area contributed by atoms with Crippen molar-refractivity contribution in [3.63, 3.8) is 0 Å². The number of aryl methyl sites for hydroxylation is 1. The van der Waals surface area contributed by atoms with E-state index in [2.05, 4.69) is 10.6 Å². The van der Waals surface area contributed by atoms with Gasteiger partial charge >= 0.3 is 12.0 Å². The molecular weight excluding hydrogens is 250 g/mol. The Kier molecular flexibility index (Phi) is 4.46. The van der Waals surface area contributed by atoms with Gasteiger partial charge in [0.1, 0.15) is 6.04 Å². The van der Waals surface area contributed by atoms with Gasteiger partial charge < -0.3 is 21.5 Å². The Balaban J connectivity index is 2.90. The predicted molar refractivity (Wildman–Crippen MR) is 68.9 cm³/mol. The maximum absolute atomic E-state index is 11.6. The van der Waals surface area contributed by atoms with Crippen LogP contribution in [-0.2, 0) is 4.79 Å². The number of nitrogens with two attached hydrogens (primary N) is 1. The first-order valence-electron chi connectivity index (χ1n) is 5.52. The number of carbonyl (C=O) groups excluding carboxylic acids is 2.